The molecule has 0 aromatic carbocycles. The zero-order chi connectivity index (χ0) is 12.1. The maximum absolute atomic E-state index is 11.7. The molecule has 0 radical (unpaired) electrons. The molecule has 0 saturated carbocycles. The SMILES string of the molecule is CN(C)CCNC(=O)N1CSC[C@H]1C(=O)O. The summed E-state index contributed by atoms with van der Waals surface area (Å²) in [5, 5.41) is 11.6. The fraction of sp³-hybridized carbons (Fsp3) is 0.778. The number of urea groups is 1. The molecular formula is C9H17N3O3S. The highest BCUT2D eigenvalue weighted by Crippen LogP contribution is 2.20. The van der Waals surface area contributed by atoms with Gasteiger partial charge >= 0.3 is 12.0 Å². The van der Waals surface area contributed by atoms with Crippen molar-refractivity contribution < 1.29 is 14.7 Å². The highest BCUT2D eigenvalue weighted by Gasteiger charge is 2.34. The quantitative estimate of drug-likeness (QED) is 0.714. The van der Waals surface area contributed by atoms with E-state index in [0.29, 0.717) is 18.2 Å². The molecule has 0 spiro atoms. The van der Waals surface area contributed by atoms with Crippen LogP contribution in [0.4, 0.5) is 4.79 Å². The molecule has 16 heavy (non-hydrogen) atoms. The Morgan fingerprint density at radius 3 is 2.81 bits per heavy atom. The third kappa shape index (κ3) is 3.57. The van der Waals surface area contributed by atoms with E-state index in [1.807, 2.05) is 19.0 Å². The standard InChI is InChI=1S/C9H17N3O3S/c1-11(2)4-3-10-9(15)12-6-16-5-7(12)8(13)14/h7H,3-6H2,1-2H3,(H,10,15)(H,13,14)/t7-/m0/s1. The molecule has 1 heterocycles. The number of carbonyl (C=O) groups excluding carboxylic acids is 1. The average molecular weight is 247 g/mol. The molecule has 0 aromatic heterocycles. The van der Waals surface area contributed by atoms with Crippen LogP contribution in [0.25, 0.3) is 0 Å². The molecule has 0 aliphatic carbocycles. The van der Waals surface area contributed by atoms with Gasteiger partial charge < -0.3 is 20.2 Å². The van der Waals surface area contributed by atoms with E-state index in [-0.39, 0.29) is 6.03 Å². The van der Waals surface area contributed by atoms with Gasteiger partial charge in [0.15, 0.2) is 0 Å². The first-order valence-corrected chi connectivity index (χ1v) is 6.17. The van der Waals surface area contributed by atoms with Crippen LogP contribution in [-0.2, 0) is 4.79 Å². The molecule has 1 fully saturated rings. The summed E-state index contributed by atoms with van der Waals surface area (Å²) in [6.45, 7) is 1.27. The molecule has 6 nitrogen and oxygen atoms in total. The van der Waals surface area contributed by atoms with Crippen LogP contribution in [0.5, 0.6) is 0 Å². The van der Waals surface area contributed by atoms with Crippen molar-refractivity contribution in [3.63, 3.8) is 0 Å². The Morgan fingerprint density at radius 1 is 1.56 bits per heavy atom. The summed E-state index contributed by atoms with van der Waals surface area (Å²) in [6, 6.07) is -0.983. The first-order chi connectivity index (χ1) is 7.52. The molecule has 1 rings (SSSR count). The Balaban J connectivity index is 2.38. The molecule has 1 saturated heterocycles. The fourth-order valence-corrected chi connectivity index (χ4v) is 2.48. The van der Waals surface area contributed by atoms with Crippen LogP contribution >= 0.6 is 11.8 Å². The van der Waals surface area contributed by atoms with Gasteiger partial charge in [0.1, 0.15) is 6.04 Å². The van der Waals surface area contributed by atoms with Gasteiger partial charge in [-0.1, -0.05) is 0 Å². The van der Waals surface area contributed by atoms with Crippen LogP contribution in [-0.4, -0.2) is 71.8 Å². The Bertz CT molecular complexity index is 273. The summed E-state index contributed by atoms with van der Waals surface area (Å²) >= 11 is 1.46. The number of nitrogens with zero attached hydrogens (tertiary/aromatic N) is 2. The fourth-order valence-electron chi connectivity index (χ4n) is 1.34. The molecule has 0 unspecified atom stereocenters. The van der Waals surface area contributed by atoms with Crippen LogP contribution in [0.2, 0.25) is 0 Å². The van der Waals surface area contributed by atoms with Crippen molar-refractivity contribution in [2.75, 3.05) is 38.8 Å². The van der Waals surface area contributed by atoms with Gasteiger partial charge in [-0.25, -0.2) is 9.59 Å². The van der Waals surface area contributed by atoms with Gasteiger partial charge in [0.05, 0.1) is 5.88 Å². The third-order valence-electron chi connectivity index (χ3n) is 2.26. The molecular weight excluding hydrogens is 230 g/mol. The Kier molecular flexibility index (Phi) is 4.88. The number of carboxylic acids is 1. The van der Waals surface area contributed by atoms with Gasteiger partial charge in [0.25, 0.3) is 0 Å². The molecule has 1 atom stereocenters. The van der Waals surface area contributed by atoms with Gasteiger partial charge in [-0.2, -0.15) is 0 Å². The van der Waals surface area contributed by atoms with Crippen LogP contribution in [0.1, 0.15) is 0 Å². The van der Waals surface area contributed by atoms with Crippen molar-refractivity contribution >= 4 is 23.8 Å². The number of carboxylic acid groups (broad SMARTS) is 1. The maximum atomic E-state index is 11.7. The van der Waals surface area contributed by atoms with E-state index in [0.717, 1.165) is 6.54 Å². The minimum Gasteiger partial charge on any atom is -0.480 e. The van der Waals surface area contributed by atoms with Crippen LogP contribution in [0.3, 0.4) is 0 Å². The smallest absolute Gasteiger partial charge is 0.327 e. The lowest BCUT2D eigenvalue weighted by Crippen LogP contribution is -2.48. The monoisotopic (exact) mass is 247 g/mol. The predicted octanol–water partition coefficient (Wildman–Crippen LogP) is -0.283. The van der Waals surface area contributed by atoms with Gasteiger partial charge in [0.2, 0.25) is 0 Å². The van der Waals surface area contributed by atoms with Crippen molar-refractivity contribution in [3.8, 4) is 0 Å². The zero-order valence-electron chi connectivity index (χ0n) is 9.47. The number of carbonyl (C=O) groups is 2. The molecule has 0 bridgehead atoms. The van der Waals surface area contributed by atoms with E-state index in [9.17, 15) is 9.59 Å². The summed E-state index contributed by atoms with van der Waals surface area (Å²) in [7, 11) is 3.83. The van der Waals surface area contributed by atoms with E-state index in [1.165, 1.54) is 16.7 Å². The minimum absolute atomic E-state index is 0.292. The Labute approximate surface area is 99.0 Å². The first kappa shape index (κ1) is 13.1. The zero-order valence-corrected chi connectivity index (χ0v) is 10.3. The van der Waals surface area contributed by atoms with Gasteiger partial charge in [-0.05, 0) is 14.1 Å². The summed E-state index contributed by atoms with van der Waals surface area (Å²) < 4.78 is 0. The molecule has 92 valence electrons. The number of hydrogen-bond donors (Lipinski definition) is 2. The first-order valence-electron chi connectivity index (χ1n) is 5.02. The summed E-state index contributed by atoms with van der Waals surface area (Å²) in [5.74, 6) is -0.0194. The predicted molar refractivity (Wildman–Crippen MR) is 62.5 cm³/mol. The second kappa shape index (κ2) is 5.95. The third-order valence-corrected chi connectivity index (χ3v) is 3.28. The highest BCUT2D eigenvalue weighted by atomic mass is 32.2. The van der Waals surface area contributed by atoms with E-state index >= 15 is 0 Å². The van der Waals surface area contributed by atoms with E-state index in [2.05, 4.69) is 5.32 Å². The lowest BCUT2D eigenvalue weighted by atomic mass is 10.3. The van der Waals surface area contributed by atoms with Crippen LogP contribution < -0.4 is 5.32 Å². The van der Waals surface area contributed by atoms with Crippen molar-refractivity contribution in [3.05, 3.63) is 0 Å². The Morgan fingerprint density at radius 2 is 2.25 bits per heavy atom. The number of aliphatic carboxylic acids is 1. The summed E-state index contributed by atoms with van der Waals surface area (Å²) in [6.07, 6.45) is 0. The summed E-state index contributed by atoms with van der Waals surface area (Å²) in [5.41, 5.74) is 0. The van der Waals surface area contributed by atoms with E-state index in [1.54, 1.807) is 0 Å². The Hall–Kier alpha value is -0.950. The van der Waals surface area contributed by atoms with Crippen LogP contribution in [0, 0.1) is 0 Å². The average Bonchev–Trinajstić information content (AvgIpc) is 2.65. The van der Waals surface area contributed by atoms with Crippen molar-refractivity contribution in [2.45, 2.75) is 6.04 Å². The summed E-state index contributed by atoms with van der Waals surface area (Å²) in [4.78, 5) is 25.8. The lowest BCUT2D eigenvalue weighted by Gasteiger charge is -2.21. The largest absolute Gasteiger partial charge is 0.480 e. The number of nitrogens with one attached hydrogen (secondary N) is 1. The minimum atomic E-state index is -0.937. The highest BCUT2D eigenvalue weighted by molar-refractivity contribution is 7.99. The second-order valence-electron chi connectivity index (χ2n) is 3.86. The van der Waals surface area contributed by atoms with Crippen molar-refractivity contribution in [1.82, 2.24) is 15.1 Å². The van der Waals surface area contributed by atoms with Gasteiger partial charge in [-0.15, -0.1) is 11.8 Å². The van der Waals surface area contributed by atoms with Crippen LogP contribution in [0.15, 0.2) is 0 Å². The van der Waals surface area contributed by atoms with E-state index in [4.69, 9.17) is 5.11 Å². The molecule has 2 amide bonds. The lowest BCUT2D eigenvalue weighted by molar-refractivity contribution is -0.140. The topological polar surface area (TPSA) is 72.9 Å². The molecule has 1 aliphatic heterocycles. The molecule has 7 heteroatoms. The number of hydrogen-bond acceptors (Lipinski definition) is 4. The molecule has 0 aromatic rings. The number of likely N-dealkylation sites (N-methyl/N-ethyl adjacent to an activating group) is 1. The molecule has 1 aliphatic rings. The van der Waals surface area contributed by atoms with Gasteiger partial charge in [0, 0.05) is 18.8 Å². The molecule has 2 N–H and O–H groups in total. The second-order valence-corrected chi connectivity index (χ2v) is 4.86. The van der Waals surface area contributed by atoms with Crippen molar-refractivity contribution in [1.29, 1.82) is 0 Å². The number of thioether (sulfide) groups is 1. The maximum Gasteiger partial charge on any atom is 0.327 e. The van der Waals surface area contributed by atoms with Crippen molar-refractivity contribution in [2.24, 2.45) is 0 Å². The number of rotatable bonds is 4. The van der Waals surface area contributed by atoms with E-state index < -0.39 is 12.0 Å². The van der Waals surface area contributed by atoms with Gasteiger partial charge in [-0.3, -0.25) is 0 Å². The normalized spacial score (nSPS) is 20.2. The number of amides is 2.